The molecule has 2 aromatic heterocycles. The van der Waals surface area contributed by atoms with Crippen LogP contribution in [0, 0.1) is 0 Å². The largest absolute Gasteiger partial charge is 0.309 e. The molecule has 2 heterocycles. The van der Waals surface area contributed by atoms with E-state index in [1.165, 1.54) is 66.1 Å². The van der Waals surface area contributed by atoms with Crippen LogP contribution in [0.15, 0.2) is 146 Å². The second kappa shape index (κ2) is 8.22. The van der Waals surface area contributed by atoms with Gasteiger partial charge in [0.1, 0.15) is 0 Å². The highest BCUT2D eigenvalue weighted by atomic mass is 15.0. The maximum absolute atomic E-state index is 2.42. The van der Waals surface area contributed by atoms with Crippen molar-refractivity contribution in [3.63, 3.8) is 0 Å². The molecule has 2 nitrogen and oxygen atoms in total. The van der Waals surface area contributed by atoms with Gasteiger partial charge in [0.25, 0.3) is 0 Å². The molecule has 6 aromatic carbocycles. The molecule has 0 bridgehead atoms. The summed E-state index contributed by atoms with van der Waals surface area (Å²) in [5, 5.41) is 5.09. The molecule has 0 amide bonds. The Morgan fingerprint density at radius 1 is 0.263 bits per heavy atom. The first-order valence-corrected chi connectivity index (χ1v) is 13.1. The zero-order chi connectivity index (χ0) is 25.1. The number of benzene rings is 6. The predicted octanol–water partition coefficient (Wildman–Crippen LogP) is 9.55. The van der Waals surface area contributed by atoms with E-state index in [-0.39, 0.29) is 0 Å². The standard InChI is InChI=1S/C36H24N2/c1-7-19-31-25(13-1)26-14-2-8-20-32(26)37(31)35-23-11-5-17-29(35)30-18-6-12-24-36(30)38-33-21-9-3-15-27(33)28-16-4-10-22-34(28)38/h1-24H. The number of fused-ring (bicyclic) bond motifs is 6. The van der Waals surface area contributed by atoms with Crippen LogP contribution in [0.5, 0.6) is 0 Å². The minimum absolute atomic E-state index is 1.18. The van der Waals surface area contributed by atoms with Crippen molar-refractivity contribution in [1.82, 2.24) is 9.13 Å². The highest BCUT2D eigenvalue weighted by Gasteiger charge is 2.19. The second-order valence-electron chi connectivity index (χ2n) is 9.77. The molecule has 8 aromatic rings. The molecular weight excluding hydrogens is 460 g/mol. The van der Waals surface area contributed by atoms with E-state index in [0.717, 1.165) is 0 Å². The molecule has 0 saturated carbocycles. The molecular formula is C36H24N2. The third-order valence-corrected chi connectivity index (χ3v) is 7.74. The van der Waals surface area contributed by atoms with Crippen LogP contribution in [0.3, 0.4) is 0 Å². The third kappa shape index (κ3) is 2.95. The highest BCUT2D eigenvalue weighted by molar-refractivity contribution is 6.11. The van der Waals surface area contributed by atoms with E-state index in [2.05, 4.69) is 155 Å². The summed E-state index contributed by atoms with van der Waals surface area (Å²) in [6.07, 6.45) is 0. The average molecular weight is 485 g/mol. The molecule has 38 heavy (non-hydrogen) atoms. The van der Waals surface area contributed by atoms with Crippen molar-refractivity contribution in [2.24, 2.45) is 0 Å². The van der Waals surface area contributed by atoms with Crippen LogP contribution in [0.25, 0.3) is 66.1 Å². The van der Waals surface area contributed by atoms with E-state index >= 15 is 0 Å². The molecule has 0 saturated heterocycles. The van der Waals surface area contributed by atoms with Gasteiger partial charge in [0.15, 0.2) is 0 Å². The molecule has 0 fully saturated rings. The van der Waals surface area contributed by atoms with Crippen molar-refractivity contribution in [3.8, 4) is 22.5 Å². The number of aromatic nitrogens is 2. The quantitative estimate of drug-likeness (QED) is 0.236. The van der Waals surface area contributed by atoms with Crippen molar-refractivity contribution in [3.05, 3.63) is 146 Å². The van der Waals surface area contributed by atoms with E-state index in [1.807, 2.05) is 0 Å². The molecule has 0 aliphatic heterocycles. The Bertz CT molecular complexity index is 1880. The smallest absolute Gasteiger partial charge is 0.0541 e. The maximum atomic E-state index is 2.42. The van der Waals surface area contributed by atoms with Crippen LogP contribution in [-0.2, 0) is 0 Å². The van der Waals surface area contributed by atoms with Crippen molar-refractivity contribution in [1.29, 1.82) is 0 Å². The van der Waals surface area contributed by atoms with Gasteiger partial charge in [0.2, 0.25) is 0 Å². The van der Waals surface area contributed by atoms with Crippen LogP contribution in [-0.4, -0.2) is 9.13 Å². The fourth-order valence-electron chi connectivity index (χ4n) is 6.16. The first-order valence-electron chi connectivity index (χ1n) is 13.1. The van der Waals surface area contributed by atoms with Crippen molar-refractivity contribution in [2.75, 3.05) is 0 Å². The summed E-state index contributed by atoms with van der Waals surface area (Å²) in [6, 6.07) is 52.4. The molecule has 2 heteroatoms. The van der Waals surface area contributed by atoms with Gasteiger partial charge < -0.3 is 9.13 Å². The van der Waals surface area contributed by atoms with E-state index in [0.29, 0.717) is 0 Å². The molecule has 0 unspecified atom stereocenters. The Labute approximate surface area is 220 Å². The molecule has 0 aliphatic rings. The molecule has 8 rings (SSSR count). The van der Waals surface area contributed by atoms with Gasteiger partial charge in [0, 0.05) is 32.7 Å². The van der Waals surface area contributed by atoms with E-state index in [1.54, 1.807) is 0 Å². The van der Waals surface area contributed by atoms with Crippen molar-refractivity contribution >= 4 is 43.6 Å². The fraction of sp³-hybridized carbons (Fsp3) is 0. The minimum Gasteiger partial charge on any atom is -0.309 e. The summed E-state index contributed by atoms with van der Waals surface area (Å²) in [6.45, 7) is 0. The highest BCUT2D eigenvalue weighted by Crippen LogP contribution is 2.40. The Balaban J connectivity index is 1.47. The monoisotopic (exact) mass is 484 g/mol. The van der Waals surface area contributed by atoms with Crippen LogP contribution >= 0.6 is 0 Å². The summed E-state index contributed by atoms with van der Waals surface area (Å²) >= 11 is 0. The number of hydrogen-bond acceptors (Lipinski definition) is 0. The normalized spacial score (nSPS) is 11.7. The Kier molecular flexibility index (Phi) is 4.55. The lowest BCUT2D eigenvalue weighted by molar-refractivity contribution is 1.16. The van der Waals surface area contributed by atoms with Gasteiger partial charge in [-0.1, -0.05) is 109 Å². The first kappa shape index (κ1) is 21.0. The van der Waals surface area contributed by atoms with Gasteiger partial charge in [-0.2, -0.15) is 0 Å². The Morgan fingerprint density at radius 2 is 0.526 bits per heavy atom. The maximum Gasteiger partial charge on any atom is 0.0541 e. The van der Waals surface area contributed by atoms with Crippen LogP contribution < -0.4 is 0 Å². The molecule has 0 spiro atoms. The lowest BCUT2D eigenvalue weighted by Gasteiger charge is -2.18. The zero-order valence-corrected chi connectivity index (χ0v) is 20.8. The van der Waals surface area contributed by atoms with Gasteiger partial charge in [-0.05, 0) is 36.4 Å². The Hall–Kier alpha value is -5.08. The number of rotatable bonds is 3. The fourth-order valence-corrected chi connectivity index (χ4v) is 6.16. The van der Waals surface area contributed by atoms with Crippen molar-refractivity contribution in [2.45, 2.75) is 0 Å². The zero-order valence-electron chi connectivity index (χ0n) is 20.8. The van der Waals surface area contributed by atoms with E-state index in [4.69, 9.17) is 0 Å². The minimum atomic E-state index is 1.18. The lowest BCUT2D eigenvalue weighted by atomic mass is 10.0. The van der Waals surface area contributed by atoms with Gasteiger partial charge in [-0.25, -0.2) is 0 Å². The van der Waals surface area contributed by atoms with E-state index in [9.17, 15) is 0 Å². The Morgan fingerprint density at radius 3 is 0.868 bits per heavy atom. The number of para-hydroxylation sites is 6. The SMILES string of the molecule is c1ccc(-n2c3ccccc3c3ccccc32)c(-c2ccccc2-n2c3ccccc3c3ccccc32)c1. The topological polar surface area (TPSA) is 9.86 Å². The molecule has 0 N–H and O–H groups in total. The van der Waals surface area contributed by atoms with Crippen LogP contribution in [0.4, 0.5) is 0 Å². The summed E-state index contributed by atoms with van der Waals surface area (Å²) in [5.74, 6) is 0. The van der Waals surface area contributed by atoms with Gasteiger partial charge >= 0.3 is 0 Å². The second-order valence-corrected chi connectivity index (χ2v) is 9.77. The van der Waals surface area contributed by atoms with Gasteiger partial charge in [-0.15, -0.1) is 0 Å². The van der Waals surface area contributed by atoms with Gasteiger partial charge in [0.05, 0.1) is 33.4 Å². The molecule has 0 aliphatic carbocycles. The molecule has 178 valence electrons. The predicted molar refractivity (Wildman–Crippen MR) is 161 cm³/mol. The van der Waals surface area contributed by atoms with Crippen LogP contribution in [0.2, 0.25) is 0 Å². The third-order valence-electron chi connectivity index (χ3n) is 7.74. The summed E-state index contributed by atoms with van der Waals surface area (Å²) in [7, 11) is 0. The summed E-state index contributed by atoms with van der Waals surface area (Å²) in [4.78, 5) is 0. The van der Waals surface area contributed by atoms with Crippen molar-refractivity contribution < 1.29 is 0 Å². The lowest BCUT2D eigenvalue weighted by Crippen LogP contribution is -2.01. The number of nitrogens with zero attached hydrogens (tertiary/aromatic N) is 2. The molecule has 0 radical (unpaired) electrons. The first-order chi connectivity index (χ1) is 18.9. The van der Waals surface area contributed by atoms with Gasteiger partial charge in [-0.3, -0.25) is 0 Å². The molecule has 0 atom stereocenters. The van der Waals surface area contributed by atoms with Crippen LogP contribution in [0.1, 0.15) is 0 Å². The summed E-state index contributed by atoms with van der Waals surface area (Å²) in [5.41, 5.74) is 9.64. The summed E-state index contributed by atoms with van der Waals surface area (Å²) < 4.78 is 4.84. The number of hydrogen-bond donors (Lipinski definition) is 0. The van der Waals surface area contributed by atoms with E-state index < -0.39 is 0 Å². The average Bonchev–Trinajstić information content (AvgIpc) is 3.50.